The van der Waals surface area contributed by atoms with Crippen molar-refractivity contribution in [2.45, 2.75) is 6.54 Å². The second-order valence-electron chi connectivity index (χ2n) is 3.41. The van der Waals surface area contributed by atoms with Crippen LogP contribution < -0.4 is 5.73 Å². The molecule has 2 rings (SSSR count). The van der Waals surface area contributed by atoms with Gasteiger partial charge in [0.25, 0.3) is 0 Å². The summed E-state index contributed by atoms with van der Waals surface area (Å²) in [4.78, 5) is 0. The van der Waals surface area contributed by atoms with Crippen LogP contribution in [-0.2, 0) is 13.6 Å². The van der Waals surface area contributed by atoms with Crippen LogP contribution in [0.3, 0.4) is 0 Å². The van der Waals surface area contributed by atoms with Crippen molar-refractivity contribution in [1.29, 1.82) is 0 Å². The lowest BCUT2D eigenvalue weighted by Crippen LogP contribution is -1.97. The Morgan fingerprint density at radius 2 is 2.20 bits per heavy atom. The molecule has 0 fully saturated rings. The van der Waals surface area contributed by atoms with Crippen molar-refractivity contribution < 1.29 is 0 Å². The van der Waals surface area contributed by atoms with Crippen LogP contribution in [0.15, 0.2) is 30.6 Å². The molecule has 0 aliphatic carbocycles. The van der Waals surface area contributed by atoms with E-state index in [1.54, 1.807) is 4.68 Å². The molecule has 0 atom stereocenters. The number of benzene rings is 1. The van der Waals surface area contributed by atoms with Gasteiger partial charge in [0.05, 0.1) is 6.20 Å². The quantitative estimate of drug-likeness (QED) is 0.845. The molecule has 4 heteroatoms. The van der Waals surface area contributed by atoms with Crippen molar-refractivity contribution in [1.82, 2.24) is 9.78 Å². The number of halogens is 1. The van der Waals surface area contributed by atoms with Crippen molar-refractivity contribution in [3.8, 4) is 11.1 Å². The number of nitrogens with two attached hydrogens (primary N) is 1. The van der Waals surface area contributed by atoms with Gasteiger partial charge in [-0.25, -0.2) is 0 Å². The van der Waals surface area contributed by atoms with E-state index in [1.165, 1.54) is 0 Å². The smallest absolute Gasteiger partial charge is 0.0568 e. The zero-order valence-electron chi connectivity index (χ0n) is 8.44. The van der Waals surface area contributed by atoms with E-state index in [-0.39, 0.29) is 0 Å². The number of hydrogen-bond donors (Lipinski definition) is 1. The lowest BCUT2D eigenvalue weighted by molar-refractivity contribution is 0.768. The number of hydrogen-bond acceptors (Lipinski definition) is 2. The van der Waals surface area contributed by atoms with Gasteiger partial charge in [-0.05, 0) is 23.3 Å². The fraction of sp³-hybridized carbons (Fsp3) is 0.182. The third-order valence-corrected chi connectivity index (χ3v) is 2.67. The first-order valence-electron chi connectivity index (χ1n) is 4.68. The Balaban J connectivity index is 2.45. The highest BCUT2D eigenvalue weighted by Gasteiger charge is 2.03. The average Bonchev–Trinajstić information content (AvgIpc) is 2.66. The van der Waals surface area contributed by atoms with E-state index in [4.69, 9.17) is 17.3 Å². The molecule has 1 aromatic carbocycles. The molecule has 0 saturated heterocycles. The van der Waals surface area contributed by atoms with Crippen molar-refractivity contribution >= 4 is 11.6 Å². The SMILES string of the molecule is Cn1cc(-c2ccc(Cl)c(CN)c2)cn1. The van der Waals surface area contributed by atoms with Gasteiger partial charge in [0, 0.05) is 30.4 Å². The Morgan fingerprint density at radius 3 is 2.80 bits per heavy atom. The highest BCUT2D eigenvalue weighted by Crippen LogP contribution is 2.24. The molecule has 1 aromatic heterocycles. The summed E-state index contributed by atoms with van der Waals surface area (Å²) in [6.07, 6.45) is 3.78. The van der Waals surface area contributed by atoms with E-state index in [1.807, 2.05) is 37.6 Å². The summed E-state index contributed by atoms with van der Waals surface area (Å²) in [6, 6.07) is 5.84. The van der Waals surface area contributed by atoms with Crippen LogP contribution in [0.25, 0.3) is 11.1 Å². The van der Waals surface area contributed by atoms with E-state index in [9.17, 15) is 0 Å². The minimum atomic E-state index is 0.451. The highest BCUT2D eigenvalue weighted by molar-refractivity contribution is 6.31. The predicted octanol–water partition coefficient (Wildman–Crippen LogP) is 2.20. The third kappa shape index (κ3) is 2.03. The molecule has 2 N–H and O–H groups in total. The van der Waals surface area contributed by atoms with Gasteiger partial charge in [-0.3, -0.25) is 4.68 Å². The zero-order chi connectivity index (χ0) is 10.8. The fourth-order valence-corrected chi connectivity index (χ4v) is 1.68. The Bertz CT molecular complexity index is 476. The summed E-state index contributed by atoms with van der Waals surface area (Å²) in [7, 11) is 1.89. The second kappa shape index (κ2) is 4.04. The van der Waals surface area contributed by atoms with Gasteiger partial charge in [0.1, 0.15) is 0 Å². The predicted molar refractivity (Wildman–Crippen MR) is 61.5 cm³/mol. The highest BCUT2D eigenvalue weighted by atomic mass is 35.5. The lowest BCUT2D eigenvalue weighted by atomic mass is 10.1. The molecule has 15 heavy (non-hydrogen) atoms. The van der Waals surface area contributed by atoms with Crippen molar-refractivity contribution in [3.63, 3.8) is 0 Å². The summed E-state index contributed by atoms with van der Waals surface area (Å²) < 4.78 is 1.77. The average molecular weight is 222 g/mol. The summed E-state index contributed by atoms with van der Waals surface area (Å²) >= 11 is 5.99. The Labute approximate surface area is 93.5 Å². The summed E-state index contributed by atoms with van der Waals surface area (Å²) in [6.45, 7) is 0.451. The molecule has 0 spiro atoms. The van der Waals surface area contributed by atoms with Crippen LogP contribution in [0.5, 0.6) is 0 Å². The number of nitrogens with zero attached hydrogens (tertiary/aromatic N) is 2. The molecule has 0 radical (unpaired) electrons. The Morgan fingerprint density at radius 1 is 1.40 bits per heavy atom. The monoisotopic (exact) mass is 221 g/mol. The van der Waals surface area contributed by atoms with Crippen LogP contribution in [-0.4, -0.2) is 9.78 Å². The van der Waals surface area contributed by atoms with Gasteiger partial charge in [-0.2, -0.15) is 5.10 Å². The molecule has 0 aliphatic rings. The molecule has 2 aromatic rings. The Kier molecular flexibility index (Phi) is 2.75. The van der Waals surface area contributed by atoms with Gasteiger partial charge in [-0.15, -0.1) is 0 Å². The maximum Gasteiger partial charge on any atom is 0.0568 e. The fourth-order valence-electron chi connectivity index (χ4n) is 1.48. The Hall–Kier alpha value is -1.32. The minimum absolute atomic E-state index is 0.451. The first kappa shape index (κ1) is 10.2. The minimum Gasteiger partial charge on any atom is -0.326 e. The van der Waals surface area contributed by atoms with Crippen LogP contribution >= 0.6 is 11.6 Å². The molecule has 0 saturated carbocycles. The lowest BCUT2D eigenvalue weighted by Gasteiger charge is -2.03. The summed E-state index contributed by atoms with van der Waals surface area (Å²) in [5, 5.41) is 4.84. The van der Waals surface area contributed by atoms with Crippen molar-refractivity contribution in [3.05, 3.63) is 41.2 Å². The van der Waals surface area contributed by atoms with Crippen LogP contribution in [0.4, 0.5) is 0 Å². The molecule has 0 amide bonds. The van der Waals surface area contributed by atoms with Gasteiger partial charge >= 0.3 is 0 Å². The molecule has 0 unspecified atom stereocenters. The molecule has 0 bridgehead atoms. The van der Waals surface area contributed by atoms with Gasteiger partial charge in [0.2, 0.25) is 0 Å². The topological polar surface area (TPSA) is 43.8 Å². The maximum absolute atomic E-state index is 5.99. The van der Waals surface area contributed by atoms with E-state index in [0.29, 0.717) is 11.6 Å². The molecule has 0 aliphatic heterocycles. The molecule has 3 nitrogen and oxygen atoms in total. The van der Waals surface area contributed by atoms with E-state index < -0.39 is 0 Å². The third-order valence-electron chi connectivity index (χ3n) is 2.30. The first-order chi connectivity index (χ1) is 7.20. The number of rotatable bonds is 2. The largest absolute Gasteiger partial charge is 0.326 e. The van der Waals surface area contributed by atoms with Gasteiger partial charge in [-0.1, -0.05) is 17.7 Å². The number of aromatic nitrogens is 2. The van der Waals surface area contributed by atoms with E-state index >= 15 is 0 Å². The second-order valence-corrected chi connectivity index (χ2v) is 3.82. The van der Waals surface area contributed by atoms with Gasteiger partial charge in [0.15, 0.2) is 0 Å². The zero-order valence-corrected chi connectivity index (χ0v) is 9.20. The van der Waals surface area contributed by atoms with E-state index in [0.717, 1.165) is 16.7 Å². The molecular formula is C11H12ClN3. The van der Waals surface area contributed by atoms with Crippen LogP contribution in [0, 0.1) is 0 Å². The molecular weight excluding hydrogens is 210 g/mol. The van der Waals surface area contributed by atoms with Crippen molar-refractivity contribution in [2.75, 3.05) is 0 Å². The summed E-state index contributed by atoms with van der Waals surface area (Å²) in [5.41, 5.74) is 8.72. The van der Waals surface area contributed by atoms with E-state index in [2.05, 4.69) is 5.10 Å². The maximum atomic E-state index is 5.99. The standard InChI is InChI=1S/C11H12ClN3/c1-15-7-10(6-14-15)8-2-3-11(12)9(4-8)5-13/h2-4,6-7H,5,13H2,1H3. The van der Waals surface area contributed by atoms with Crippen LogP contribution in [0.2, 0.25) is 5.02 Å². The van der Waals surface area contributed by atoms with Gasteiger partial charge < -0.3 is 5.73 Å². The normalized spacial score (nSPS) is 10.6. The molecule has 78 valence electrons. The summed E-state index contributed by atoms with van der Waals surface area (Å²) in [5.74, 6) is 0. The molecule has 1 heterocycles. The first-order valence-corrected chi connectivity index (χ1v) is 5.06. The van der Waals surface area contributed by atoms with Crippen LogP contribution in [0.1, 0.15) is 5.56 Å². The number of aryl methyl sites for hydroxylation is 1. The van der Waals surface area contributed by atoms with Crippen molar-refractivity contribution in [2.24, 2.45) is 12.8 Å².